The molecule has 2 aromatic rings. The molecule has 128 valence electrons. The van der Waals surface area contributed by atoms with Crippen LogP contribution in [-0.4, -0.2) is 34.8 Å². The zero-order valence-electron chi connectivity index (χ0n) is 13.6. The molecule has 1 unspecified atom stereocenters. The predicted octanol–water partition coefficient (Wildman–Crippen LogP) is 3.07. The Labute approximate surface area is 142 Å². The third-order valence-corrected chi connectivity index (χ3v) is 5.89. The number of nitrogens with zero attached hydrogens (tertiary/aromatic N) is 1. The van der Waals surface area contributed by atoms with Gasteiger partial charge in [-0.05, 0) is 49.2 Å². The monoisotopic (exact) mass is 347 g/mol. The van der Waals surface area contributed by atoms with Crippen molar-refractivity contribution in [3.05, 3.63) is 54.6 Å². The number of rotatable bonds is 6. The zero-order chi connectivity index (χ0) is 17.0. The van der Waals surface area contributed by atoms with Crippen molar-refractivity contribution < 1.29 is 17.9 Å². The molecule has 1 fully saturated rings. The van der Waals surface area contributed by atoms with E-state index in [9.17, 15) is 8.42 Å². The molecule has 1 atom stereocenters. The minimum absolute atomic E-state index is 0.0711. The van der Waals surface area contributed by atoms with Crippen LogP contribution in [0, 0.1) is 0 Å². The van der Waals surface area contributed by atoms with Crippen LogP contribution in [0.1, 0.15) is 12.8 Å². The molecule has 24 heavy (non-hydrogen) atoms. The minimum Gasteiger partial charge on any atom is -0.497 e. The largest absolute Gasteiger partial charge is 0.497 e. The topological polar surface area (TPSA) is 55.8 Å². The van der Waals surface area contributed by atoms with Crippen LogP contribution in [0.3, 0.4) is 0 Å². The van der Waals surface area contributed by atoms with Gasteiger partial charge in [-0.2, -0.15) is 0 Å². The maximum Gasteiger partial charge on any atom is 0.264 e. The average molecular weight is 347 g/mol. The zero-order valence-corrected chi connectivity index (χ0v) is 14.4. The molecule has 0 N–H and O–H groups in total. The van der Waals surface area contributed by atoms with E-state index in [-0.39, 0.29) is 11.0 Å². The van der Waals surface area contributed by atoms with Crippen LogP contribution in [0.2, 0.25) is 0 Å². The molecule has 1 aliphatic heterocycles. The van der Waals surface area contributed by atoms with Gasteiger partial charge in [-0.1, -0.05) is 18.2 Å². The van der Waals surface area contributed by atoms with Crippen molar-refractivity contribution in [2.24, 2.45) is 0 Å². The van der Waals surface area contributed by atoms with E-state index in [1.807, 2.05) is 18.2 Å². The molecule has 5 nitrogen and oxygen atoms in total. The smallest absolute Gasteiger partial charge is 0.264 e. The van der Waals surface area contributed by atoms with Crippen LogP contribution in [0.15, 0.2) is 59.5 Å². The second kappa shape index (κ2) is 7.23. The molecule has 1 aliphatic rings. The van der Waals surface area contributed by atoms with E-state index in [0.29, 0.717) is 24.6 Å². The first-order valence-corrected chi connectivity index (χ1v) is 9.39. The number of para-hydroxylation sites is 1. The van der Waals surface area contributed by atoms with Gasteiger partial charge in [-0.15, -0.1) is 0 Å². The van der Waals surface area contributed by atoms with Gasteiger partial charge in [0.25, 0.3) is 10.0 Å². The lowest BCUT2D eigenvalue weighted by Gasteiger charge is -2.27. The van der Waals surface area contributed by atoms with E-state index in [4.69, 9.17) is 9.47 Å². The van der Waals surface area contributed by atoms with E-state index in [1.54, 1.807) is 43.5 Å². The second-order valence-electron chi connectivity index (χ2n) is 5.68. The molecule has 1 heterocycles. The molecule has 2 aromatic carbocycles. The quantitative estimate of drug-likeness (QED) is 0.806. The Kier molecular flexibility index (Phi) is 5.06. The highest BCUT2D eigenvalue weighted by molar-refractivity contribution is 7.92. The SMILES string of the molecule is COc1ccc(S(=O)(=O)N(CC2CCCO2)c2ccccc2)cc1. The fraction of sp³-hybridized carbons (Fsp3) is 0.333. The van der Waals surface area contributed by atoms with E-state index >= 15 is 0 Å². The van der Waals surface area contributed by atoms with Crippen molar-refractivity contribution in [3.8, 4) is 5.75 Å². The van der Waals surface area contributed by atoms with Crippen molar-refractivity contribution >= 4 is 15.7 Å². The third kappa shape index (κ3) is 3.55. The van der Waals surface area contributed by atoms with Gasteiger partial charge >= 0.3 is 0 Å². The normalized spacial score (nSPS) is 17.6. The summed E-state index contributed by atoms with van der Waals surface area (Å²) in [5, 5.41) is 0. The van der Waals surface area contributed by atoms with Crippen molar-refractivity contribution in [1.29, 1.82) is 0 Å². The van der Waals surface area contributed by atoms with Gasteiger partial charge < -0.3 is 9.47 Å². The molecule has 0 spiro atoms. The Morgan fingerprint density at radius 2 is 1.83 bits per heavy atom. The molecular weight excluding hydrogens is 326 g/mol. The second-order valence-corrected chi connectivity index (χ2v) is 7.54. The first-order valence-electron chi connectivity index (χ1n) is 7.95. The number of hydrogen-bond donors (Lipinski definition) is 0. The summed E-state index contributed by atoms with van der Waals surface area (Å²) in [4.78, 5) is 0.241. The summed E-state index contributed by atoms with van der Waals surface area (Å²) in [5.41, 5.74) is 0.642. The van der Waals surface area contributed by atoms with Gasteiger partial charge in [0.05, 0.1) is 30.3 Å². The van der Waals surface area contributed by atoms with Crippen LogP contribution in [0.5, 0.6) is 5.75 Å². The summed E-state index contributed by atoms with van der Waals surface area (Å²) >= 11 is 0. The van der Waals surface area contributed by atoms with Crippen molar-refractivity contribution in [2.45, 2.75) is 23.8 Å². The lowest BCUT2D eigenvalue weighted by molar-refractivity contribution is 0.118. The Morgan fingerprint density at radius 1 is 1.12 bits per heavy atom. The molecular formula is C18H21NO4S. The number of anilines is 1. The molecule has 1 saturated heterocycles. The van der Waals surface area contributed by atoms with Gasteiger partial charge in [-0.3, -0.25) is 4.31 Å². The summed E-state index contributed by atoms with van der Waals surface area (Å²) in [6, 6.07) is 15.6. The van der Waals surface area contributed by atoms with Gasteiger partial charge in [0.2, 0.25) is 0 Å². The Balaban J connectivity index is 1.95. The van der Waals surface area contributed by atoms with Crippen molar-refractivity contribution in [2.75, 3.05) is 24.6 Å². The standard InChI is InChI=1S/C18H21NO4S/c1-22-16-9-11-18(12-10-16)24(20,21)19(14-17-8-5-13-23-17)15-6-3-2-4-7-15/h2-4,6-7,9-12,17H,5,8,13-14H2,1H3. The molecule has 0 radical (unpaired) electrons. The van der Waals surface area contributed by atoms with Crippen LogP contribution in [0.4, 0.5) is 5.69 Å². The lowest BCUT2D eigenvalue weighted by Crippen LogP contribution is -2.37. The summed E-state index contributed by atoms with van der Waals surface area (Å²) in [6.07, 6.45) is 1.77. The van der Waals surface area contributed by atoms with Crippen molar-refractivity contribution in [3.63, 3.8) is 0 Å². The lowest BCUT2D eigenvalue weighted by atomic mass is 10.2. The maximum atomic E-state index is 13.1. The molecule has 0 aliphatic carbocycles. The van der Waals surface area contributed by atoms with Crippen LogP contribution >= 0.6 is 0 Å². The first-order chi connectivity index (χ1) is 11.6. The van der Waals surface area contributed by atoms with E-state index < -0.39 is 10.0 Å². The number of methoxy groups -OCH3 is 1. The molecule has 0 bridgehead atoms. The van der Waals surface area contributed by atoms with Gasteiger partial charge in [-0.25, -0.2) is 8.42 Å². The highest BCUT2D eigenvalue weighted by Gasteiger charge is 2.29. The highest BCUT2D eigenvalue weighted by Crippen LogP contribution is 2.27. The van der Waals surface area contributed by atoms with Gasteiger partial charge in [0.1, 0.15) is 5.75 Å². The number of benzene rings is 2. The van der Waals surface area contributed by atoms with Gasteiger partial charge in [0.15, 0.2) is 0 Å². The number of sulfonamides is 1. The summed E-state index contributed by atoms with van der Waals surface area (Å²) in [6.45, 7) is 1.01. The first kappa shape index (κ1) is 16.8. The predicted molar refractivity (Wildman–Crippen MR) is 92.9 cm³/mol. The van der Waals surface area contributed by atoms with Crippen LogP contribution < -0.4 is 9.04 Å². The van der Waals surface area contributed by atoms with Gasteiger partial charge in [0, 0.05) is 6.61 Å². The number of hydrogen-bond acceptors (Lipinski definition) is 4. The Morgan fingerprint density at radius 3 is 2.42 bits per heavy atom. The molecule has 3 rings (SSSR count). The number of ether oxygens (including phenoxy) is 2. The molecule has 0 saturated carbocycles. The van der Waals surface area contributed by atoms with E-state index in [0.717, 1.165) is 12.8 Å². The Bertz CT molecular complexity index is 753. The van der Waals surface area contributed by atoms with Crippen molar-refractivity contribution in [1.82, 2.24) is 0 Å². The van der Waals surface area contributed by atoms with Crippen LogP contribution in [-0.2, 0) is 14.8 Å². The molecule has 6 heteroatoms. The maximum absolute atomic E-state index is 13.1. The third-order valence-electron chi connectivity index (χ3n) is 4.09. The van der Waals surface area contributed by atoms with E-state index in [2.05, 4.69) is 0 Å². The summed E-state index contributed by atoms with van der Waals surface area (Å²) < 4.78 is 38.5. The summed E-state index contributed by atoms with van der Waals surface area (Å²) in [5.74, 6) is 0.624. The minimum atomic E-state index is -3.67. The molecule has 0 aromatic heterocycles. The fourth-order valence-electron chi connectivity index (χ4n) is 2.78. The van der Waals surface area contributed by atoms with E-state index in [1.165, 1.54) is 4.31 Å². The average Bonchev–Trinajstić information content (AvgIpc) is 3.13. The molecule has 0 amide bonds. The Hall–Kier alpha value is -2.05. The highest BCUT2D eigenvalue weighted by atomic mass is 32.2. The summed E-state index contributed by atoms with van der Waals surface area (Å²) in [7, 11) is -2.12. The fourth-order valence-corrected chi connectivity index (χ4v) is 4.28. The van der Waals surface area contributed by atoms with Crippen LogP contribution in [0.25, 0.3) is 0 Å².